The number of hydrogen-bond acceptors (Lipinski definition) is 5. The van der Waals surface area contributed by atoms with Crippen molar-refractivity contribution >= 4 is 23.5 Å². The lowest BCUT2D eigenvalue weighted by Gasteiger charge is -2.26. The molecule has 1 saturated heterocycles. The van der Waals surface area contributed by atoms with Crippen LogP contribution in [0.2, 0.25) is 0 Å². The number of ketones is 1. The minimum Gasteiger partial charge on any atom is -0.496 e. The van der Waals surface area contributed by atoms with Gasteiger partial charge in [-0.1, -0.05) is 0 Å². The van der Waals surface area contributed by atoms with Crippen molar-refractivity contribution in [1.82, 2.24) is 4.90 Å². The second-order valence-electron chi connectivity index (χ2n) is 4.85. The molecule has 2 rings (SSSR count). The zero-order valence-electron chi connectivity index (χ0n) is 12.0. The summed E-state index contributed by atoms with van der Waals surface area (Å²) in [7, 11) is 1.49. The minimum absolute atomic E-state index is 0.0107. The summed E-state index contributed by atoms with van der Waals surface area (Å²) in [6.45, 7) is 3.86. The summed E-state index contributed by atoms with van der Waals surface area (Å²) in [5.41, 5.74) is 0.920. The van der Waals surface area contributed by atoms with Gasteiger partial charge in [0.25, 0.3) is 0 Å². The molecular formula is C15H19NO4S. The van der Waals surface area contributed by atoms with Crippen molar-refractivity contribution in [2.45, 2.75) is 6.42 Å². The first-order valence-corrected chi connectivity index (χ1v) is 7.31. The number of nitrogens with zero attached hydrogens (tertiary/aromatic N) is 1. The largest absolute Gasteiger partial charge is 0.496 e. The predicted octanol–water partition coefficient (Wildman–Crippen LogP) is 1.67. The summed E-state index contributed by atoms with van der Waals surface area (Å²) in [6, 6.07) is 4.78. The van der Waals surface area contributed by atoms with Crippen LogP contribution in [0.1, 0.15) is 27.1 Å². The predicted molar refractivity (Wildman–Crippen MR) is 82.5 cm³/mol. The molecule has 114 valence electrons. The number of methoxy groups -OCH3 is 1. The lowest BCUT2D eigenvalue weighted by Crippen LogP contribution is -2.37. The zero-order valence-corrected chi connectivity index (χ0v) is 12.9. The smallest absolute Gasteiger partial charge is 0.216 e. The van der Waals surface area contributed by atoms with E-state index in [1.165, 1.54) is 7.11 Å². The van der Waals surface area contributed by atoms with Gasteiger partial charge in [-0.15, -0.1) is 12.6 Å². The monoisotopic (exact) mass is 309 g/mol. The van der Waals surface area contributed by atoms with Crippen LogP contribution in [-0.4, -0.2) is 55.8 Å². The number of benzene rings is 1. The van der Waals surface area contributed by atoms with Crippen LogP contribution in [0.3, 0.4) is 0 Å². The fourth-order valence-corrected chi connectivity index (χ4v) is 2.41. The highest BCUT2D eigenvalue weighted by molar-refractivity contribution is 7.97. The van der Waals surface area contributed by atoms with E-state index >= 15 is 0 Å². The molecule has 5 nitrogen and oxygen atoms in total. The lowest BCUT2D eigenvalue weighted by atomic mass is 10.0. The maximum absolute atomic E-state index is 12.3. The maximum Gasteiger partial charge on any atom is 0.216 e. The third kappa shape index (κ3) is 4.30. The van der Waals surface area contributed by atoms with Crippen LogP contribution in [0.5, 0.6) is 5.75 Å². The molecule has 0 bridgehead atoms. The normalized spacial score (nSPS) is 15.7. The fraction of sp³-hybridized carbons (Fsp3) is 0.467. The van der Waals surface area contributed by atoms with Crippen LogP contribution in [0.25, 0.3) is 0 Å². The van der Waals surface area contributed by atoms with E-state index in [0.717, 1.165) is 26.3 Å². The van der Waals surface area contributed by atoms with Gasteiger partial charge in [0, 0.05) is 31.6 Å². The molecule has 1 fully saturated rings. The summed E-state index contributed by atoms with van der Waals surface area (Å²) in [6.07, 6.45) is 0.421. The molecule has 0 aromatic heterocycles. The molecule has 0 aliphatic carbocycles. The minimum atomic E-state index is -0.347. The number of hydrogen-bond donors (Lipinski definition) is 1. The Morgan fingerprint density at radius 1 is 1.33 bits per heavy atom. The standard InChI is InChI=1S/C15H19NO4S/c1-19-14-10-11(15(18)21)2-3-12(14)13(17)4-5-16-6-8-20-9-7-16/h2-3,10H,4-9H2,1H3,(H,18,21). The molecule has 1 aliphatic rings. The molecule has 0 radical (unpaired) electrons. The topological polar surface area (TPSA) is 55.8 Å². The van der Waals surface area contributed by atoms with Gasteiger partial charge in [-0.25, -0.2) is 0 Å². The molecule has 1 aromatic rings. The van der Waals surface area contributed by atoms with Crippen LogP contribution < -0.4 is 4.74 Å². The van der Waals surface area contributed by atoms with Crippen molar-refractivity contribution in [2.24, 2.45) is 0 Å². The third-order valence-electron chi connectivity index (χ3n) is 3.51. The Morgan fingerprint density at radius 3 is 2.67 bits per heavy atom. The number of carbonyl (C=O) groups is 2. The first-order valence-electron chi connectivity index (χ1n) is 6.86. The third-order valence-corrected chi connectivity index (χ3v) is 3.77. The highest BCUT2D eigenvalue weighted by Gasteiger charge is 2.17. The van der Waals surface area contributed by atoms with E-state index in [4.69, 9.17) is 9.47 Å². The Balaban J connectivity index is 2.02. The van der Waals surface area contributed by atoms with Gasteiger partial charge >= 0.3 is 0 Å². The van der Waals surface area contributed by atoms with E-state index in [9.17, 15) is 9.59 Å². The molecular weight excluding hydrogens is 290 g/mol. The van der Waals surface area contributed by atoms with Crippen molar-refractivity contribution in [1.29, 1.82) is 0 Å². The number of ether oxygens (including phenoxy) is 2. The van der Waals surface area contributed by atoms with Crippen molar-refractivity contribution in [2.75, 3.05) is 40.0 Å². The molecule has 1 heterocycles. The number of Topliss-reactive ketones (excluding diaryl/α,β-unsaturated/α-hetero) is 1. The number of morpholine rings is 1. The molecule has 1 aromatic carbocycles. The van der Waals surface area contributed by atoms with Crippen LogP contribution >= 0.6 is 12.6 Å². The van der Waals surface area contributed by atoms with Gasteiger partial charge in [-0.05, 0) is 18.2 Å². The fourth-order valence-electron chi connectivity index (χ4n) is 2.27. The van der Waals surface area contributed by atoms with E-state index < -0.39 is 0 Å². The molecule has 1 aliphatic heterocycles. The Bertz CT molecular complexity index is 526. The molecule has 0 saturated carbocycles. The second kappa shape index (κ2) is 7.59. The van der Waals surface area contributed by atoms with E-state index in [-0.39, 0.29) is 10.9 Å². The van der Waals surface area contributed by atoms with E-state index in [1.807, 2.05) is 0 Å². The van der Waals surface area contributed by atoms with Gasteiger partial charge in [0.2, 0.25) is 5.12 Å². The van der Waals surface area contributed by atoms with Crippen LogP contribution in [0.15, 0.2) is 18.2 Å². The Hall–Kier alpha value is -1.37. The SMILES string of the molecule is COc1cc(C(=O)S)ccc1C(=O)CCN1CCOCC1. The zero-order chi connectivity index (χ0) is 15.2. The molecule has 0 N–H and O–H groups in total. The highest BCUT2D eigenvalue weighted by Crippen LogP contribution is 2.22. The van der Waals surface area contributed by atoms with Crippen molar-refractivity contribution in [3.05, 3.63) is 29.3 Å². The van der Waals surface area contributed by atoms with E-state index in [1.54, 1.807) is 18.2 Å². The Labute approximate surface area is 129 Å². The first kappa shape index (κ1) is 16.0. The number of thiol groups is 1. The average molecular weight is 309 g/mol. The van der Waals surface area contributed by atoms with Crippen molar-refractivity contribution < 1.29 is 19.1 Å². The Morgan fingerprint density at radius 2 is 2.05 bits per heavy atom. The van der Waals surface area contributed by atoms with Gasteiger partial charge < -0.3 is 9.47 Å². The molecule has 0 amide bonds. The quantitative estimate of drug-likeness (QED) is 0.640. The molecule has 21 heavy (non-hydrogen) atoms. The first-order chi connectivity index (χ1) is 10.1. The van der Waals surface area contributed by atoms with Crippen LogP contribution in [0, 0.1) is 0 Å². The average Bonchev–Trinajstić information content (AvgIpc) is 2.52. The van der Waals surface area contributed by atoms with Gasteiger partial charge in [0.15, 0.2) is 5.78 Å². The van der Waals surface area contributed by atoms with Gasteiger partial charge in [0.05, 0.1) is 25.9 Å². The summed E-state index contributed by atoms with van der Waals surface area (Å²) >= 11 is 3.77. The number of rotatable bonds is 6. The van der Waals surface area contributed by atoms with Crippen molar-refractivity contribution in [3.63, 3.8) is 0 Å². The summed E-state index contributed by atoms with van der Waals surface area (Å²) < 4.78 is 10.5. The van der Waals surface area contributed by atoms with Gasteiger partial charge in [-0.3, -0.25) is 14.5 Å². The second-order valence-corrected chi connectivity index (χ2v) is 5.25. The molecule has 6 heteroatoms. The van der Waals surface area contributed by atoms with Gasteiger partial charge in [0.1, 0.15) is 5.75 Å². The van der Waals surface area contributed by atoms with Crippen LogP contribution in [0.4, 0.5) is 0 Å². The Kier molecular flexibility index (Phi) is 5.78. The van der Waals surface area contributed by atoms with Gasteiger partial charge in [-0.2, -0.15) is 0 Å². The van der Waals surface area contributed by atoms with E-state index in [0.29, 0.717) is 29.8 Å². The molecule has 0 unspecified atom stereocenters. The molecule has 0 atom stereocenters. The number of carbonyl (C=O) groups excluding carboxylic acids is 2. The summed E-state index contributed by atoms with van der Waals surface area (Å²) in [5.74, 6) is 0.429. The summed E-state index contributed by atoms with van der Waals surface area (Å²) in [4.78, 5) is 25.7. The highest BCUT2D eigenvalue weighted by atomic mass is 32.1. The van der Waals surface area contributed by atoms with E-state index in [2.05, 4.69) is 17.5 Å². The lowest BCUT2D eigenvalue weighted by molar-refractivity contribution is 0.0370. The van der Waals surface area contributed by atoms with Crippen LogP contribution in [-0.2, 0) is 4.74 Å². The summed E-state index contributed by atoms with van der Waals surface area (Å²) in [5, 5.41) is -0.347. The van der Waals surface area contributed by atoms with Crippen molar-refractivity contribution in [3.8, 4) is 5.75 Å². The maximum atomic E-state index is 12.3. The molecule has 0 spiro atoms.